The fourth-order valence-corrected chi connectivity index (χ4v) is 2.53. The zero-order valence-corrected chi connectivity index (χ0v) is 13.3. The maximum atomic E-state index is 5.91. The van der Waals surface area contributed by atoms with Gasteiger partial charge in [-0.15, -0.1) is 11.6 Å². The molecule has 0 unspecified atom stereocenters. The van der Waals surface area contributed by atoms with Crippen molar-refractivity contribution >= 4 is 22.8 Å². The van der Waals surface area contributed by atoms with Crippen molar-refractivity contribution in [1.82, 2.24) is 19.3 Å². The first-order valence-corrected chi connectivity index (χ1v) is 7.37. The maximum absolute atomic E-state index is 5.91. The van der Waals surface area contributed by atoms with Crippen LogP contribution in [0.2, 0.25) is 0 Å². The summed E-state index contributed by atoms with van der Waals surface area (Å²) in [4.78, 5) is 4.74. The number of halogens is 1. The fourth-order valence-electron chi connectivity index (χ4n) is 2.36. The number of hydrogen-bond acceptors (Lipinski definition) is 2. The van der Waals surface area contributed by atoms with Crippen LogP contribution in [0.3, 0.4) is 0 Å². The Hall–Kier alpha value is -1.03. The first-order chi connectivity index (χ1) is 8.89. The summed E-state index contributed by atoms with van der Waals surface area (Å²) >= 11 is 5.91. The molecule has 0 saturated heterocycles. The number of hydrogen-bond donors (Lipinski definition) is 0. The van der Waals surface area contributed by atoms with Gasteiger partial charge in [-0.3, -0.25) is 4.68 Å². The molecular weight excluding hydrogens is 260 g/mol. The summed E-state index contributed by atoms with van der Waals surface area (Å²) in [5.74, 6) is 1.67. The zero-order chi connectivity index (χ0) is 14.2. The number of rotatable bonds is 5. The number of nitrogens with zero attached hydrogens (tertiary/aromatic N) is 4. The molecule has 0 radical (unpaired) electrons. The molecule has 2 rings (SSSR count). The molecule has 0 aromatic carbocycles. The normalized spacial score (nSPS) is 12.5. The van der Waals surface area contributed by atoms with Crippen LogP contribution in [0.4, 0.5) is 0 Å². The van der Waals surface area contributed by atoms with Crippen LogP contribution in [0, 0.1) is 12.3 Å². The monoisotopic (exact) mass is 282 g/mol. The number of imidazole rings is 1. The highest BCUT2D eigenvalue weighted by atomic mass is 35.5. The van der Waals surface area contributed by atoms with E-state index in [4.69, 9.17) is 16.6 Å². The zero-order valence-electron chi connectivity index (χ0n) is 12.5. The fraction of sp³-hybridized carbons (Fsp3) is 0.714. The van der Waals surface area contributed by atoms with Gasteiger partial charge in [-0.25, -0.2) is 4.98 Å². The number of fused-ring (bicyclic) bond motifs is 1. The third-order valence-corrected chi connectivity index (χ3v) is 4.02. The van der Waals surface area contributed by atoms with Crippen molar-refractivity contribution in [3.8, 4) is 0 Å². The molecule has 4 nitrogen and oxygen atoms in total. The molecule has 0 aliphatic rings. The van der Waals surface area contributed by atoms with Gasteiger partial charge >= 0.3 is 0 Å². The van der Waals surface area contributed by atoms with E-state index in [1.165, 1.54) is 0 Å². The van der Waals surface area contributed by atoms with Crippen LogP contribution in [0.1, 0.15) is 38.7 Å². The van der Waals surface area contributed by atoms with Crippen molar-refractivity contribution in [2.45, 2.75) is 47.1 Å². The van der Waals surface area contributed by atoms with Crippen molar-refractivity contribution in [2.75, 3.05) is 5.88 Å². The molecular formula is C14H23ClN4. The molecule has 5 heteroatoms. The van der Waals surface area contributed by atoms with E-state index in [0.29, 0.717) is 5.88 Å². The minimum atomic E-state index is 0.243. The smallest absolute Gasteiger partial charge is 0.158 e. The van der Waals surface area contributed by atoms with Gasteiger partial charge in [-0.2, -0.15) is 5.10 Å². The van der Waals surface area contributed by atoms with Crippen molar-refractivity contribution in [3.05, 3.63) is 11.5 Å². The van der Waals surface area contributed by atoms with Crippen molar-refractivity contribution in [2.24, 2.45) is 12.5 Å². The van der Waals surface area contributed by atoms with Gasteiger partial charge in [0.15, 0.2) is 5.65 Å². The SMILES string of the molecule is CCC(C)(C)Cn1c(CCCl)nc2c(C)nn(C)c21. The second-order valence-corrected chi connectivity index (χ2v) is 6.33. The Kier molecular flexibility index (Phi) is 3.90. The highest BCUT2D eigenvalue weighted by molar-refractivity contribution is 6.17. The lowest BCUT2D eigenvalue weighted by molar-refractivity contribution is 0.293. The highest BCUT2D eigenvalue weighted by Crippen LogP contribution is 2.27. The van der Waals surface area contributed by atoms with Crippen LogP contribution in [0.15, 0.2) is 0 Å². The Morgan fingerprint density at radius 2 is 2.00 bits per heavy atom. The van der Waals surface area contributed by atoms with E-state index in [1.54, 1.807) is 0 Å². The molecule has 0 N–H and O–H groups in total. The standard InChI is InChI=1S/C14H23ClN4/c1-6-14(3,4)9-19-11(7-8-15)16-12-10(2)17-18(5)13(12)19/h6-9H2,1-5H3. The minimum Gasteiger partial charge on any atom is -0.312 e. The summed E-state index contributed by atoms with van der Waals surface area (Å²) in [6, 6.07) is 0. The second-order valence-electron chi connectivity index (χ2n) is 5.95. The number of aromatic nitrogens is 4. The van der Waals surface area contributed by atoms with Gasteiger partial charge in [0.05, 0.1) is 5.69 Å². The summed E-state index contributed by atoms with van der Waals surface area (Å²) in [5, 5.41) is 4.47. The summed E-state index contributed by atoms with van der Waals surface area (Å²) in [5.41, 5.74) is 3.35. The predicted molar refractivity (Wildman–Crippen MR) is 79.7 cm³/mol. The predicted octanol–water partition coefficient (Wildman–Crippen LogP) is 3.30. The van der Waals surface area contributed by atoms with Crippen molar-refractivity contribution in [3.63, 3.8) is 0 Å². The molecule has 2 aromatic rings. The van der Waals surface area contributed by atoms with Crippen molar-refractivity contribution < 1.29 is 0 Å². The molecule has 0 atom stereocenters. The summed E-state index contributed by atoms with van der Waals surface area (Å²) < 4.78 is 4.22. The largest absolute Gasteiger partial charge is 0.312 e. The molecule has 0 spiro atoms. The molecule has 19 heavy (non-hydrogen) atoms. The molecule has 0 fully saturated rings. The van der Waals surface area contributed by atoms with Gasteiger partial charge in [0.1, 0.15) is 11.3 Å². The van der Waals surface area contributed by atoms with Gasteiger partial charge in [0.2, 0.25) is 0 Å². The lowest BCUT2D eigenvalue weighted by Gasteiger charge is -2.24. The van der Waals surface area contributed by atoms with Crippen molar-refractivity contribution in [1.29, 1.82) is 0 Å². The van der Waals surface area contributed by atoms with Crippen LogP contribution in [-0.4, -0.2) is 25.2 Å². The van der Waals surface area contributed by atoms with E-state index >= 15 is 0 Å². The van der Waals surface area contributed by atoms with E-state index in [-0.39, 0.29) is 5.41 Å². The first kappa shape index (κ1) is 14.4. The van der Waals surface area contributed by atoms with Gasteiger partial charge in [-0.05, 0) is 18.8 Å². The van der Waals surface area contributed by atoms with Crippen LogP contribution in [-0.2, 0) is 20.0 Å². The molecule has 106 valence electrons. The average Bonchev–Trinajstić information content (AvgIpc) is 2.81. The molecule has 0 bridgehead atoms. The average molecular weight is 283 g/mol. The third-order valence-electron chi connectivity index (χ3n) is 3.83. The topological polar surface area (TPSA) is 35.6 Å². The van der Waals surface area contributed by atoms with E-state index in [1.807, 2.05) is 18.7 Å². The number of alkyl halides is 1. The molecule has 0 aliphatic carbocycles. The first-order valence-electron chi connectivity index (χ1n) is 6.84. The van der Waals surface area contributed by atoms with Crippen LogP contribution in [0.25, 0.3) is 11.2 Å². The Balaban J connectivity index is 2.57. The van der Waals surface area contributed by atoms with Crippen LogP contribution < -0.4 is 0 Å². The maximum Gasteiger partial charge on any atom is 0.158 e. The van der Waals surface area contributed by atoms with Crippen LogP contribution >= 0.6 is 11.6 Å². The molecule has 0 amide bonds. The quantitative estimate of drug-likeness (QED) is 0.789. The van der Waals surface area contributed by atoms with E-state index in [2.05, 4.69) is 30.4 Å². The van der Waals surface area contributed by atoms with Gasteiger partial charge in [-0.1, -0.05) is 20.8 Å². The van der Waals surface area contributed by atoms with E-state index in [0.717, 1.165) is 42.1 Å². The molecule has 2 aromatic heterocycles. The van der Waals surface area contributed by atoms with E-state index in [9.17, 15) is 0 Å². The number of aryl methyl sites for hydroxylation is 3. The third kappa shape index (κ3) is 2.64. The second kappa shape index (κ2) is 5.16. The minimum absolute atomic E-state index is 0.243. The Labute approximate surface area is 119 Å². The summed E-state index contributed by atoms with van der Waals surface area (Å²) in [7, 11) is 1.98. The molecule has 2 heterocycles. The van der Waals surface area contributed by atoms with Crippen LogP contribution in [0.5, 0.6) is 0 Å². The lowest BCUT2D eigenvalue weighted by Crippen LogP contribution is -2.21. The Morgan fingerprint density at radius 3 is 2.58 bits per heavy atom. The molecule has 0 saturated carbocycles. The molecule has 0 aliphatic heterocycles. The highest BCUT2D eigenvalue weighted by Gasteiger charge is 2.23. The summed E-state index contributed by atoms with van der Waals surface area (Å²) in [6.45, 7) is 9.75. The lowest BCUT2D eigenvalue weighted by atomic mass is 9.90. The van der Waals surface area contributed by atoms with Gasteiger partial charge in [0.25, 0.3) is 0 Å². The summed E-state index contributed by atoms with van der Waals surface area (Å²) in [6.07, 6.45) is 1.93. The van der Waals surface area contributed by atoms with E-state index < -0.39 is 0 Å². The Bertz CT molecular complexity index is 580. The van der Waals surface area contributed by atoms with Gasteiger partial charge in [0, 0.05) is 25.9 Å². The Morgan fingerprint density at radius 1 is 1.32 bits per heavy atom. The van der Waals surface area contributed by atoms with Gasteiger partial charge < -0.3 is 4.57 Å².